The Bertz CT molecular complexity index is 1470. The molecule has 0 unspecified atom stereocenters. The average molecular weight is 901 g/mol. The molecule has 4 aliphatic rings. The molecule has 3 fully saturated rings. The molecule has 356 valence electrons. The number of nitrogens with zero attached hydrogens (tertiary/aromatic N) is 2. The van der Waals surface area contributed by atoms with Crippen molar-refractivity contribution in [3.05, 3.63) is 36.0 Å². The van der Waals surface area contributed by atoms with Crippen LogP contribution in [0.25, 0.3) is 0 Å². The first kappa shape index (κ1) is 52.9. The molecule has 0 spiro atoms. The maximum atomic E-state index is 13.5. The Hall–Kier alpha value is -1.77. The zero-order valence-electron chi connectivity index (χ0n) is 41.9. The van der Waals surface area contributed by atoms with E-state index in [1.807, 2.05) is 11.0 Å². The van der Waals surface area contributed by atoms with Gasteiger partial charge in [0.2, 0.25) is 0 Å². The molecule has 0 aromatic carbocycles. The predicted molar refractivity (Wildman–Crippen MR) is 261 cm³/mol. The van der Waals surface area contributed by atoms with E-state index in [4.69, 9.17) is 23.1 Å². The molecule has 0 aromatic heterocycles. The number of cyclic esters (lactones) is 1. The quantitative estimate of drug-likeness (QED) is 0.0356. The number of amides is 1. The van der Waals surface area contributed by atoms with Crippen molar-refractivity contribution in [3.63, 3.8) is 0 Å². The van der Waals surface area contributed by atoms with Gasteiger partial charge in [0.25, 0.3) is 0 Å². The molecule has 3 heterocycles. The van der Waals surface area contributed by atoms with Crippen LogP contribution in [0.4, 0.5) is 4.79 Å². The summed E-state index contributed by atoms with van der Waals surface area (Å²) in [6.07, 6.45) is 23.4. The third kappa shape index (κ3) is 15.4. The summed E-state index contributed by atoms with van der Waals surface area (Å²) in [6, 6.07) is 3.86. The predicted octanol–water partition coefficient (Wildman–Crippen LogP) is 12.8. The van der Waals surface area contributed by atoms with Crippen molar-refractivity contribution in [2.24, 2.45) is 11.8 Å². The smallest absolute Gasteiger partial charge is 0.410 e. The number of hydrogen-bond acceptors (Lipinski definition) is 8. The van der Waals surface area contributed by atoms with Gasteiger partial charge < -0.3 is 28.0 Å². The van der Waals surface area contributed by atoms with Gasteiger partial charge in [0, 0.05) is 63.0 Å². The number of carbonyl (C=O) groups excluding carboxylic acids is 2. The Morgan fingerprint density at radius 1 is 0.903 bits per heavy atom. The fraction of sp³-hybridized carbons (Fsp3) is 0.843. The Morgan fingerprint density at radius 3 is 2.11 bits per heavy atom. The Kier molecular flexibility index (Phi) is 20.6. The number of rotatable bonds is 17. The minimum Gasteiger partial charge on any atom is -0.457 e. The van der Waals surface area contributed by atoms with Gasteiger partial charge in [-0.3, -0.25) is 9.69 Å². The lowest BCUT2D eigenvalue weighted by atomic mass is 9.91. The van der Waals surface area contributed by atoms with Crippen molar-refractivity contribution >= 4 is 28.7 Å². The van der Waals surface area contributed by atoms with Crippen LogP contribution in [0.3, 0.4) is 0 Å². The van der Waals surface area contributed by atoms with E-state index < -0.39 is 28.3 Å². The van der Waals surface area contributed by atoms with Crippen LogP contribution in [0.1, 0.15) is 160 Å². The van der Waals surface area contributed by atoms with E-state index in [1.165, 1.54) is 38.5 Å². The molecule has 0 radical (unpaired) electrons. The molecule has 9 nitrogen and oxygen atoms in total. The maximum Gasteiger partial charge on any atom is 0.410 e. The second-order valence-electron chi connectivity index (χ2n) is 21.3. The molecular formula is C51H92N2O7Si2. The van der Waals surface area contributed by atoms with E-state index in [-0.39, 0.29) is 47.4 Å². The largest absolute Gasteiger partial charge is 0.457 e. The minimum atomic E-state index is -1.99. The number of piperazine rings is 1. The molecule has 1 amide bonds. The number of esters is 1. The highest BCUT2D eigenvalue weighted by atomic mass is 28.4. The van der Waals surface area contributed by atoms with Crippen molar-refractivity contribution in [2.45, 2.75) is 238 Å². The van der Waals surface area contributed by atoms with Crippen LogP contribution in [0.5, 0.6) is 0 Å². The topological polar surface area (TPSA) is 90.1 Å². The molecule has 2 saturated heterocycles. The molecule has 0 bridgehead atoms. The van der Waals surface area contributed by atoms with Crippen molar-refractivity contribution < 1.29 is 32.7 Å². The van der Waals surface area contributed by atoms with Crippen LogP contribution in [0.2, 0.25) is 36.3 Å². The SMILES string of the molecule is CC[C@H](O[Si](C)(C)C(C)(C)C)[C@@H](C)[C@H]1O[C@@H]1C[C@](C)(/C=C/C=C(\C)[C@H]1OC(=O)CCCCC[C@@H](OC(=O)N2CCN(C3CCCCCC3)CC2)/C=C/[C@@H]1C)O[Si](CC)(CC)CC. The molecular weight excluding hydrogens is 809 g/mol. The highest BCUT2D eigenvalue weighted by Gasteiger charge is 2.51. The average Bonchev–Trinajstić information content (AvgIpc) is 4.05. The summed E-state index contributed by atoms with van der Waals surface area (Å²) in [4.78, 5) is 31.2. The lowest BCUT2D eigenvalue weighted by Crippen LogP contribution is -2.52. The fourth-order valence-electron chi connectivity index (χ4n) is 9.91. The molecule has 8 atom stereocenters. The van der Waals surface area contributed by atoms with Gasteiger partial charge in [-0.15, -0.1) is 0 Å². The third-order valence-corrected chi connectivity index (χ3v) is 24.8. The fourth-order valence-corrected chi connectivity index (χ4v) is 14.5. The van der Waals surface area contributed by atoms with Crippen LogP contribution in [0.15, 0.2) is 36.0 Å². The van der Waals surface area contributed by atoms with Gasteiger partial charge in [-0.2, -0.15) is 0 Å². The highest BCUT2D eigenvalue weighted by Crippen LogP contribution is 2.44. The van der Waals surface area contributed by atoms with E-state index >= 15 is 0 Å². The van der Waals surface area contributed by atoms with Crippen molar-refractivity contribution in [1.82, 2.24) is 9.80 Å². The molecule has 11 heteroatoms. The molecule has 3 aliphatic heterocycles. The Balaban J connectivity index is 1.46. The highest BCUT2D eigenvalue weighted by molar-refractivity contribution is 6.74. The standard InChI is InChI=1S/C51H92N2O7Si2/c1-14-44(59-61(12,13)50(8,9)10)41(7)48-45(57-48)38-51(11,60-62(15-2,16-3)17-4)33-25-26-39(5)47-40(6)31-32-43(29-23-20-24-30-46(54)58-47)56-49(55)53-36-34-52(35-37-53)42-27-21-18-19-22-28-42/h25-26,31-33,40-45,47-48H,14-24,27-30,34-38H2,1-13H3/b32-31+,33-25+,39-26+/t40-,41+,43+,44-,45+,47+,48+,51-/m0/s1. The van der Waals surface area contributed by atoms with Gasteiger partial charge in [-0.05, 0) is 100 Å². The van der Waals surface area contributed by atoms with Gasteiger partial charge >= 0.3 is 12.1 Å². The van der Waals surface area contributed by atoms with E-state index in [0.717, 1.165) is 88.4 Å². The van der Waals surface area contributed by atoms with Gasteiger partial charge in [0.1, 0.15) is 12.2 Å². The molecule has 1 aliphatic carbocycles. The Morgan fingerprint density at radius 2 is 1.52 bits per heavy atom. The lowest BCUT2D eigenvalue weighted by molar-refractivity contribution is -0.148. The van der Waals surface area contributed by atoms with Crippen LogP contribution < -0.4 is 0 Å². The van der Waals surface area contributed by atoms with Gasteiger partial charge in [0.15, 0.2) is 16.6 Å². The molecule has 0 aromatic rings. The summed E-state index contributed by atoms with van der Waals surface area (Å²) in [7, 11) is -3.92. The second-order valence-corrected chi connectivity index (χ2v) is 30.7. The van der Waals surface area contributed by atoms with E-state index in [0.29, 0.717) is 18.4 Å². The van der Waals surface area contributed by atoms with Gasteiger partial charge in [-0.1, -0.05) is 119 Å². The first-order valence-corrected chi connectivity index (χ1v) is 30.7. The van der Waals surface area contributed by atoms with Crippen LogP contribution in [-0.4, -0.2) is 107 Å². The lowest BCUT2D eigenvalue weighted by Gasteiger charge is -2.41. The van der Waals surface area contributed by atoms with Crippen molar-refractivity contribution in [3.8, 4) is 0 Å². The number of allylic oxidation sites excluding steroid dienone is 2. The zero-order valence-corrected chi connectivity index (χ0v) is 43.9. The maximum absolute atomic E-state index is 13.5. The van der Waals surface area contributed by atoms with Crippen LogP contribution in [-0.2, 0) is 27.9 Å². The second kappa shape index (κ2) is 24.1. The molecule has 4 rings (SSSR count). The van der Waals surface area contributed by atoms with Crippen molar-refractivity contribution in [1.29, 1.82) is 0 Å². The zero-order chi connectivity index (χ0) is 45.7. The normalized spacial score (nSPS) is 28.5. The number of carbonyl (C=O) groups is 2. The first-order valence-electron chi connectivity index (χ1n) is 25.3. The van der Waals surface area contributed by atoms with E-state index in [1.54, 1.807) is 0 Å². The molecule has 62 heavy (non-hydrogen) atoms. The summed E-state index contributed by atoms with van der Waals surface area (Å²) < 4.78 is 33.2. The minimum absolute atomic E-state index is 0.106. The van der Waals surface area contributed by atoms with E-state index in [9.17, 15) is 9.59 Å². The number of hydrogen-bond donors (Lipinski definition) is 0. The summed E-state index contributed by atoms with van der Waals surface area (Å²) in [5.41, 5.74) is 0.457. The molecule has 0 N–H and O–H groups in total. The summed E-state index contributed by atoms with van der Waals surface area (Å²) in [5, 5.41) is 0.154. The van der Waals surface area contributed by atoms with Crippen LogP contribution >= 0.6 is 0 Å². The summed E-state index contributed by atoms with van der Waals surface area (Å²) >= 11 is 0. The van der Waals surface area contributed by atoms with E-state index in [2.05, 4.69) is 118 Å². The number of epoxide rings is 1. The molecule has 1 saturated carbocycles. The van der Waals surface area contributed by atoms with Gasteiger partial charge in [0.05, 0.1) is 17.8 Å². The summed E-state index contributed by atoms with van der Waals surface area (Å²) in [6.45, 7) is 32.7. The number of ether oxygens (including phenoxy) is 3. The first-order chi connectivity index (χ1) is 29.3. The monoisotopic (exact) mass is 901 g/mol. The van der Waals surface area contributed by atoms with Crippen molar-refractivity contribution in [2.75, 3.05) is 26.2 Å². The Labute approximate surface area is 381 Å². The summed E-state index contributed by atoms with van der Waals surface area (Å²) in [5.74, 6) is 0.0163. The third-order valence-electron chi connectivity index (χ3n) is 15.5. The van der Waals surface area contributed by atoms with Gasteiger partial charge in [-0.25, -0.2) is 4.79 Å². The van der Waals surface area contributed by atoms with Crippen LogP contribution in [0, 0.1) is 11.8 Å².